The average Bonchev–Trinajstić information content (AvgIpc) is 2.85. The summed E-state index contributed by atoms with van der Waals surface area (Å²) in [6.45, 7) is 0.264. The van der Waals surface area contributed by atoms with Gasteiger partial charge in [-0.3, -0.25) is 14.5 Å². The predicted molar refractivity (Wildman–Crippen MR) is 76.6 cm³/mol. The third kappa shape index (κ3) is 3.81. The molecule has 0 heterocycles. The number of anilines is 1. The average molecular weight is 276 g/mol. The first-order valence-corrected chi connectivity index (χ1v) is 6.75. The van der Waals surface area contributed by atoms with E-state index >= 15 is 0 Å². The number of hydrogen-bond donors (Lipinski definition) is 1. The Labute approximate surface area is 118 Å². The van der Waals surface area contributed by atoms with E-state index in [0.717, 1.165) is 18.5 Å². The highest BCUT2D eigenvalue weighted by Gasteiger charge is 2.13. The van der Waals surface area contributed by atoms with Crippen LogP contribution in [-0.4, -0.2) is 44.0 Å². The lowest BCUT2D eigenvalue weighted by atomic mass is 10.1. The second kappa shape index (κ2) is 6.52. The maximum atomic E-state index is 11.9. The molecule has 2 rings (SSSR count). The Kier molecular flexibility index (Phi) is 4.74. The number of rotatable bonds is 5. The van der Waals surface area contributed by atoms with Gasteiger partial charge in [0.15, 0.2) is 0 Å². The Balaban J connectivity index is 1.86. The molecule has 1 aromatic rings. The van der Waals surface area contributed by atoms with Gasteiger partial charge in [-0.1, -0.05) is 6.07 Å². The first kappa shape index (κ1) is 14.5. The lowest BCUT2D eigenvalue weighted by Gasteiger charge is -2.15. The van der Waals surface area contributed by atoms with Gasteiger partial charge in [0.1, 0.15) is 0 Å². The van der Waals surface area contributed by atoms with Crippen molar-refractivity contribution in [2.75, 3.05) is 32.6 Å². The fraction of sp³-hybridized carbons (Fsp3) is 0.467. The highest BCUT2D eigenvalue weighted by atomic mass is 16.5. The van der Waals surface area contributed by atoms with Crippen molar-refractivity contribution in [3.63, 3.8) is 0 Å². The van der Waals surface area contributed by atoms with Gasteiger partial charge in [-0.25, -0.2) is 0 Å². The number of aryl methyl sites for hydroxylation is 2. The molecule has 1 aromatic carbocycles. The molecule has 1 amide bonds. The van der Waals surface area contributed by atoms with Gasteiger partial charge in [0.25, 0.3) is 0 Å². The van der Waals surface area contributed by atoms with E-state index in [1.807, 2.05) is 12.1 Å². The van der Waals surface area contributed by atoms with E-state index in [4.69, 9.17) is 0 Å². The minimum Gasteiger partial charge on any atom is -0.468 e. The van der Waals surface area contributed by atoms with Crippen LogP contribution in [-0.2, 0) is 27.2 Å². The lowest BCUT2D eigenvalue weighted by molar-refractivity contribution is -0.141. The molecule has 1 N–H and O–H groups in total. The summed E-state index contributed by atoms with van der Waals surface area (Å²) in [5.41, 5.74) is 3.53. The fourth-order valence-corrected chi connectivity index (χ4v) is 2.44. The van der Waals surface area contributed by atoms with Crippen molar-refractivity contribution in [2.24, 2.45) is 0 Å². The molecule has 1 aliphatic carbocycles. The minimum absolute atomic E-state index is 0.105. The molecular weight excluding hydrogens is 256 g/mol. The van der Waals surface area contributed by atoms with Gasteiger partial charge < -0.3 is 10.1 Å². The monoisotopic (exact) mass is 276 g/mol. The van der Waals surface area contributed by atoms with Crippen LogP contribution >= 0.6 is 0 Å². The van der Waals surface area contributed by atoms with E-state index in [-0.39, 0.29) is 25.0 Å². The van der Waals surface area contributed by atoms with Crippen LogP contribution in [0.5, 0.6) is 0 Å². The van der Waals surface area contributed by atoms with Gasteiger partial charge in [0.05, 0.1) is 20.2 Å². The maximum absolute atomic E-state index is 11.9. The van der Waals surface area contributed by atoms with E-state index in [1.165, 1.54) is 24.7 Å². The number of nitrogens with zero attached hydrogens (tertiary/aromatic N) is 1. The Morgan fingerprint density at radius 3 is 2.75 bits per heavy atom. The van der Waals surface area contributed by atoms with Crippen LogP contribution in [0.15, 0.2) is 18.2 Å². The first-order chi connectivity index (χ1) is 9.58. The molecule has 5 nitrogen and oxygen atoms in total. The largest absolute Gasteiger partial charge is 0.468 e. The van der Waals surface area contributed by atoms with Crippen LogP contribution in [0.1, 0.15) is 17.5 Å². The van der Waals surface area contributed by atoms with Gasteiger partial charge >= 0.3 is 5.97 Å². The zero-order valence-electron chi connectivity index (χ0n) is 11.9. The van der Waals surface area contributed by atoms with Crippen LogP contribution in [0.2, 0.25) is 0 Å². The molecule has 0 fully saturated rings. The van der Waals surface area contributed by atoms with Gasteiger partial charge in [0, 0.05) is 5.69 Å². The van der Waals surface area contributed by atoms with Gasteiger partial charge in [-0.2, -0.15) is 0 Å². The SMILES string of the molecule is COC(=O)CN(C)CC(=O)Nc1ccc2c(c1)CCC2. The summed E-state index contributed by atoms with van der Waals surface area (Å²) in [5.74, 6) is -0.479. The van der Waals surface area contributed by atoms with Crippen LogP contribution in [0, 0.1) is 0 Å². The summed E-state index contributed by atoms with van der Waals surface area (Å²) >= 11 is 0. The molecule has 0 unspecified atom stereocenters. The third-order valence-electron chi connectivity index (χ3n) is 3.42. The Morgan fingerprint density at radius 1 is 1.25 bits per heavy atom. The Morgan fingerprint density at radius 2 is 2.00 bits per heavy atom. The Hall–Kier alpha value is -1.88. The first-order valence-electron chi connectivity index (χ1n) is 6.75. The number of benzene rings is 1. The molecule has 108 valence electrons. The summed E-state index contributed by atoms with van der Waals surface area (Å²) in [6.07, 6.45) is 3.40. The van der Waals surface area contributed by atoms with Crippen LogP contribution in [0.25, 0.3) is 0 Å². The van der Waals surface area contributed by atoms with Gasteiger partial charge in [-0.05, 0) is 49.6 Å². The van der Waals surface area contributed by atoms with E-state index in [2.05, 4.69) is 16.1 Å². The summed E-state index contributed by atoms with van der Waals surface area (Å²) in [5, 5.41) is 2.86. The molecule has 20 heavy (non-hydrogen) atoms. The Bertz CT molecular complexity index is 514. The number of likely N-dealkylation sites (N-methyl/N-ethyl adjacent to an activating group) is 1. The fourth-order valence-electron chi connectivity index (χ4n) is 2.44. The van der Waals surface area contributed by atoms with Crippen molar-refractivity contribution in [1.29, 1.82) is 0 Å². The number of esters is 1. The van der Waals surface area contributed by atoms with E-state index < -0.39 is 0 Å². The van der Waals surface area contributed by atoms with Crippen LogP contribution in [0.3, 0.4) is 0 Å². The summed E-state index contributed by atoms with van der Waals surface area (Å²) in [4.78, 5) is 24.6. The van der Waals surface area contributed by atoms with Crippen LogP contribution in [0.4, 0.5) is 5.69 Å². The molecule has 0 radical (unpaired) electrons. The second-order valence-electron chi connectivity index (χ2n) is 5.13. The molecule has 0 spiro atoms. The normalized spacial score (nSPS) is 13.2. The molecule has 0 bridgehead atoms. The number of amides is 1. The molecule has 0 aromatic heterocycles. The molecule has 0 saturated heterocycles. The van der Waals surface area contributed by atoms with Crippen molar-refractivity contribution >= 4 is 17.6 Å². The number of nitrogens with one attached hydrogen (secondary N) is 1. The number of carbonyl (C=O) groups is 2. The molecular formula is C15H20N2O3. The van der Waals surface area contributed by atoms with E-state index in [9.17, 15) is 9.59 Å². The smallest absolute Gasteiger partial charge is 0.319 e. The van der Waals surface area contributed by atoms with Gasteiger partial charge in [-0.15, -0.1) is 0 Å². The quantitative estimate of drug-likeness (QED) is 0.822. The number of fused-ring (bicyclic) bond motifs is 1. The summed E-state index contributed by atoms with van der Waals surface area (Å²) in [6, 6.07) is 6.05. The lowest BCUT2D eigenvalue weighted by Crippen LogP contribution is -2.34. The van der Waals surface area contributed by atoms with Crippen molar-refractivity contribution < 1.29 is 14.3 Å². The molecule has 0 atom stereocenters. The highest BCUT2D eigenvalue weighted by molar-refractivity contribution is 5.92. The van der Waals surface area contributed by atoms with Gasteiger partial charge in [0.2, 0.25) is 5.91 Å². The van der Waals surface area contributed by atoms with E-state index in [1.54, 1.807) is 11.9 Å². The molecule has 0 saturated carbocycles. The number of carbonyl (C=O) groups excluding carboxylic acids is 2. The standard InChI is InChI=1S/C15H20N2O3/c1-17(10-15(19)20-2)9-14(18)16-13-7-6-11-4-3-5-12(11)8-13/h6-8H,3-5,9-10H2,1-2H3,(H,16,18). The third-order valence-corrected chi connectivity index (χ3v) is 3.42. The number of methoxy groups -OCH3 is 1. The summed E-state index contributed by atoms with van der Waals surface area (Å²) in [7, 11) is 3.04. The van der Waals surface area contributed by atoms with Crippen molar-refractivity contribution in [3.05, 3.63) is 29.3 Å². The zero-order chi connectivity index (χ0) is 14.5. The molecule has 5 heteroatoms. The molecule has 1 aliphatic rings. The van der Waals surface area contributed by atoms with Crippen LogP contribution < -0.4 is 5.32 Å². The van der Waals surface area contributed by atoms with Crippen molar-refractivity contribution in [3.8, 4) is 0 Å². The number of ether oxygens (including phenoxy) is 1. The topological polar surface area (TPSA) is 58.6 Å². The maximum Gasteiger partial charge on any atom is 0.319 e. The second-order valence-corrected chi connectivity index (χ2v) is 5.13. The number of hydrogen-bond acceptors (Lipinski definition) is 4. The molecule has 0 aliphatic heterocycles. The summed E-state index contributed by atoms with van der Waals surface area (Å²) < 4.78 is 4.56. The zero-order valence-corrected chi connectivity index (χ0v) is 11.9. The predicted octanol–water partition coefficient (Wildman–Crippen LogP) is 1.22. The van der Waals surface area contributed by atoms with Crippen molar-refractivity contribution in [1.82, 2.24) is 4.90 Å². The van der Waals surface area contributed by atoms with Crippen molar-refractivity contribution in [2.45, 2.75) is 19.3 Å². The minimum atomic E-state index is -0.349. The highest BCUT2D eigenvalue weighted by Crippen LogP contribution is 2.24. The van der Waals surface area contributed by atoms with E-state index in [0.29, 0.717) is 0 Å².